The molecule has 34 heavy (non-hydrogen) atoms. The molecule has 6 heteroatoms. The van der Waals surface area contributed by atoms with Crippen LogP contribution >= 0.6 is 0 Å². The normalized spacial score (nSPS) is 12.2. The highest BCUT2D eigenvalue weighted by Crippen LogP contribution is 2.33. The van der Waals surface area contributed by atoms with Crippen LogP contribution in [0.5, 0.6) is 23.0 Å². The van der Waals surface area contributed by atoms with Crippen LogP contribution in [0, 0.1) is 0 Å². The van der Waals surface area contributed by atoms with Gasteiger partial charge in [-0.1, -0.05) is 24.3 Å². The number of ether oxygens (including phenoxy) is 4. The van der Waals surface area contributed by atoms with Crippen molar-refractivity contribution in [2.75, 3.05) is 28.4 Å². The Hall–Kier alpha value is -4.06. The molecule has 0 amide bonds. The second-order valence-electron chi connectivity index (χ2n) is 7.91. The Bertz CT molecular complexity index is 1310. The van der Waals surface area contributed by atoms with Crippen LogP contribution in [-0.2, 0) is 0 Å². The molecule has 4 rings (SSSR count). The van der Waals surface area contributed by atoms with Crippen molar-refractivity contribution in [3.8, 4) is 23.0 Å². The Morgan fingerprint density at radius 3 is 1.12 bits per heavy atom. The molecule has 0 aromatic heterocycles. The lowest BCUT2D eigenvalue weighted by Gasteiger charge is -2.10. The molecular formula is C28H28N2O4. The lowest BCUT2D eigenvalue weighted by Crippen LogP contribution is -1.98. The monoisotopic (exact) mass is 456 g/mol. The van der Waals surface area contributed by atoms with E-state index < -0.39 is 0 Å². The predicted octanol–water partition coefficient (Wildman–Crippen LogP) is 6.26. The summed E-state index contributed by atoms with van der Waals surface area (Å²) in [6.45, 7) is 3.91. The van der Waals surface area contributed by atoms with E-state index >= 15 is 0 Å². The molecule has 174 valence electrons. The number of fused-ring (bicyclic) bond motifs is 2. The summed E-state index contributed by atoms with van der Waals surface area (Å²) < 4.78 is 21.7. The fraction of sp³-hybridized carbons (Fsp3) is 0.214. The molecule has 0 bridgehead atoms. The van der Waals surface area contributed by atoms with Gasteiger partial charge in [0.15, 0.2) is 23.0 Å². The van der Waals surface area contributed by atoms with Gasteiger partial charge in [-0.2, -0.15) is 10.2 Å². The van der Waals surface area contributed by atoms with Crippen molar-refractivity contribution >= 4 is 33.0 Å². The van der Waals surface area contributed by atoms with Gasteiger partial charge in [0.1, 0.15) is 0 Å². The minimum atomic E-state index is 0.696. The maximum Gasteiger partial charge on any atom is 0.161 e. The number of hydrogen-bond acceptors (Lipinski definition) is 6. The largest absolute Gasteiger partial charge is 0.493 e. The second-order valence-corrected chi connectivity index (χ2v) is 7.91. The van der Waals surface area contributed by atoms with Crippen LogP contribution in [0.2, 0.25) is 0 Å². The van der Waals surface area contributed by atoms with Crippen molar-refractivity contribution < 1.29 is 18.9 Å². The molecular weight excluding hydrogens is 428 g/mol. The molecule has 0 saturated heterocycles. The van der Waals surface area contributed by atoms with Crippen LogP contribution in [0.3, 0.4) is 0 Å². The average Bonchev–Trinajstić information content (AvgIpc) is 2.88. The second kappa shape index (κ2) is 9.83. The van der Waals surface area contributed by atoms with Crippen LogP contribution in [0.1, 0.15) is 25.0 Å². The third kappa shape index (κ3) is 4.53. The van der Waals surface area contributed by atoms with Gasteiger partial charge in [-0.25, -0.2) is 0 Å². The molecule has 4 aromatic carbocycles. The van der Waals surface area contributed by atoms with Gasteiger partial charge < -0.3 is 18.9 Å². The minimum Gasteiger partial charge on any atom is -0.493 e. The zero-order valence-electron chi connectivity index (χ0n) is 20.3. The average molecular weight is 457 g/mol. The molecule has 0 aliphatic rings. The lowest BCUT2D eigenvalue weighted by molar-refractivity contribution is 0.356. The third-order valence-electron chi connectivity index (χ3n) is 5.87. The molecule has 4 aromatic rings. The molecule has 0 saturated carbocycles. The number of rotatable bonds is 7. The maximum absolute atomic E-state index is 5.44. The van der Waals surface area contributed by atoms with Gasteiger partial charge >= 0.3 is 0 Å². The van der Waals surface area contributed by atoms with Crippen molar-refractivity contribution in [1.82, 2.24) is 0 Å². The summed E-state index contributed by atoms with van der Waals surface area (Å²) >= 11 is 0. The molecule has 0 unspecified atom stereocenters. The molecule has 6 nitrogen and oxygen atoms in total. The van der Waals surface area contributed by atoms with Gasteiger partial charge in [0, 0.05) is 0 Å². The Labute approximate surface area is 199 Å². The van der Waals surface area contributed by atoms with Crippen LogP contribution in [0.15, 0.2) is 70.9 Å². The van der Waals surface area contributed by atoms with E-state index in [-0.39, 0.29) is 0 Å². The fourth-order valence-electron chi connectivity index (χ4n) is 3.87. The highest BCUT2D eigenvalue weighted by molar-refractivity contribution is 6.05. The Morgan fingerprint density at radius 1 is 0.471 bits per heavy atom. The number of methoxy groups -OCH3 is 4. The molecule has 0 fully saturated rings. The topological polar surface area (TPSA) is 61.6 Å². The van der Waals surface area contributed by atoms with Crippen LogP contribution in [0.4, 0.5) is 0 Å². The molecule has 0 heterocycles. The first-order valence-corrected chi connectivity index (χ1v) is 10.9. The van der Waals surface area contributed by atoms with Crippen molar-refractivity contribution in [2.24, 2.45) is 10.2 Å². The van der Waals surface area contributed by atoms with Crippen LogP contribution in [-0.4, -0.2) is 39.9 Å². The highest BCUT2D eigenvalue weighted by Gasteiger charge is 2.09. The first kappa shape index (κ1) is 23.1. The van der Waals surface area contributed by atoms with Gasteiger partial charge in [0.2, 0.25) is 0 Å². The van der Waals surface area contributed by atoms with Gasteiger partial charge in [0.05, 0.1) is 39.9 Å². The minimum absolute atomic E-state index is 0.696. The summed E-state index contributed by atoms with van der Waals surface area (Å²) in [5, 5.41) is 13.2. The van der Waals surface area contributed by atoms with E-state index in [1.807, 2.05) is 62.4 Å². The van der Waals surface area contributed by atoms with Crippen molar-refractivity contribution in [3.63, 3.8) is 0 Å². The van der Waals surface area contributed by atoms with Crippen molar-refractivity contribution in [3.05, 3.63) is 71.8 Å². The van der Waals surface area contributed by atoms with Crippen LogP contribution < -0.4 is 18.9 Å². The Balaban J connectivity index is 1.64. The predicted molar refractivity (Wildman–Crippen MR) is 139 cm³/mol. The Kier molecular flexibility index (Phi) is 6.68. The fourth-order valence-corrected chi connectivity index (χ4v) is 3.87. The van der Waals surface area contributed by atoms with E-state index in [1.165, 1.54) is 0 Å². The summed E-state index contributed by atoms with van der Waals surface area (Å²) in [6.07, 6.45) is 0. The number of nitrogens with zero attached hydrogens (tertiary/aromatic N) is 2. The van der Waals surface area contributed by atoms with Crippen LogP contribution in [0.25, 0.3) is 21.5 Å². The zero-order chi connectivity index (χ0) is 24.2. The van der Waals surface area contributed by atoms with Crippen molar-refractivity contribution in [1.29, 1.82) is 0 Å². The molecule has 0 aliphatic carbocycles. The van der Waals surface area contributed by atoms with Gasteiger partial charge in [-0.15, -0.1) is 0 Å². The van der Waals surface area contributed by atoms with Gasteiger partial charge in [-0.05, 0) is 82.9 Å². The Morgan fingerprint density at radius 2 is 0.794 bits per heavy atom. The van der Waals surface area contributed by atoms with Crippen molar-refractivity contribution in [2.45, 2.75) is 13.8 Å². The molecule has 0 atom stereocenters. The van der Waals surface area contributed by atoms with E-state index in [0.717, 1.165) is 44.1 Å². The first-order valence-electron chi connectivity index (χ1n) is 10.9. The molecule has 0 aliphatic heterocycles. The van der Waals surface area contributed by atoms with E-state index in [2.05, 4.69) is 22.3 Å². The van der Waals surface area contributed by atoms with E-state index in [1.54, 1.807) is 28.4 Å². The smallest absolute Gasteiger partial charge is 0.161 e. The summed E-state index contributed by atoms with van der Waals surface area (Å²) in [6, 6.07) is 20.2. The summed E-state index contributed by atoms with van der Waals surface area (Å²) in [5.74, 6) is 2.81. The van der Waals surface area contributed by atoms with E-state index in [9.17, 15) is 0 Å². The molecule has 0 spiro atoms. The summed E-state index contributed by atoms with van der Waals surface area (Å²) in [4.78, 5) is 0. The summed E-state index contributed by atoms with van der Waals surface area (Å²) in [7, 11) is 6.55. The lowest BCUT2D eigenvalue weighted by atomic mass is 10.0. The van der Waals surface area contributed by atoms with E-state index in [4.69, 9.17) is 18.9 Å². The number of hydrogen-bond donors (Lipinski definition) is 0. The number of benzene rings is 4. The zero-order valence-corrected chi connectivity index (χ0v) is 20.3. The summed E-state index contributed by atoms with van der Waals surface area (Å²) in [5.41, 5.74) is 3.63. The van der Waals surface area contributed by atoms with E-state index in [0.29, 0.717) is 23.0 Å². The highest BCUT2D eigenvalue weighted by atomic mass is 16.5. The van der Waals surface area contributed by atoms with Gasteiger partial charge in [0.25, 0.3) is 0 Å². The van der Waals surface area contributed by atoms with Gasteiger partial charge in [-0.3, -0.25) is 0 Å². The SMILES string of the molecule is COc1cc2ccc(C(C)=N/N=C(\C)c3ccc4cc(OC)c(OC)cc4c3)cc2cc1OC. The standard InChI is InChI=1S/C28H28N2O4/c1-17(19-7-9-21-13-25(31-3)27(33-5)15-23(21)11-19)29-30-18(2)20-8-10-22-14-26(32-4)28(34-6)16-24(22)12-20/h7-16H,1-6H3/b29-17+,30-18?. The quantitative estimate of drug-likeness (QED) is 0.243. The maximum atomic E-state index is 5.44. The molecule has 0 radical (unpaired) electrons. The third-order valence-corrected chi connectivity index (χ3v) is 5.87. The first-order chi connectivity index (χ1) is 16.5. The molecule has 0 N–H and O–H groups in total.